The average molecular weight is 188 g/mol. The van der Waals surface area contributed by atoms with Gasteiger partial charge in [0.1, 0.15) is 0 Å². The van der Waals surface area contributed by atoms with Gasteiger partial charge in [-0.3, -0.25) is 0 Å². The summed E-state index contributed by atoms with van der Waals surface area (Å²) in [5.41, 5.74) is 1.68. The van der Waals surface area contributed by atoms with E-state index in [0.29, 0.717) is 0 Å². The van der Waals surface area contributed by atoms with Crippen LogP contribution in [0.1, 0.15) is 44.9 Å². The molecule has 14 heavy (non-hydrogen) atoms. The average Bonchev–Trinajstić information content (AvgIpc) is 1.98. The minimum absolute atomic E-state index is 0.907. The first-order chi connectivity index (χ1) is 6.93. The first-order valence-corrected chi connectivity index (χ1v) is 6.32. The van der Waals surface area contributed by atoms with Gasteiger partial charge < -0.3 is 0 Å². The summed E-state index contributed by atoms with van der Waals surface area (Å²) in [4.78, 5) is 0. The van der Waals surface area contributed by atoms with Gasteiger partial charge in [0.2, 0.25) is 0 Å². The predicted molar refractivity (Wildman–Crippen MR) is 60.0 cm³/mol. The van der Waals surface area contributed by atoms with Gasteiger partial charge in [-0.2, -0.15) is 0 Å². The molecule has 76 valence electrons. The molecule has 0 bridgehead atoms. The van der Waals surface area contributed by atoms with E-state index >= 15 is 0 Å². The topological polar surface area (TPSA) is 0 Å². The van der Waals surface area contributed by atoms with Gasteiger partial charge >= 0.3 is 0 Å². The second-order valence-electron chi connectivity index (χ2n) is 5.29. The van der Waals surface area contributed by atoms with Gasteiger partial charge in [-0.25, -0.2) is 0 Å². The molecule has 3 aliphatic rings. The smallest absolute Gasteiger partial charge is 0.0165 e. The maximum atomic E-state index is 2.62. The third-order valence-corrected chi connectivity index (χ3v) is 4.46. The highest BCUT2D eigenvalue weighted by Gasteiger charge is 2.28. The molecule has 0 spiro atoms. The van der Waals surface area contributed by atoms with Gasteiger partial charge in [0.05, 0.1) is 0 Å². The van der Waals surface area contributed by atoms with Crippen LogP contribution >= 0.6 is 0 Å². The van der Waals surface area contributed by atoms with Crippen LogP contribution in [0.3, 0.4) is 0 Å². The highest BCUT2D eigenvalue weighted by molar-refractivity contribution is 5.28. The second-order valence-corrected chi connectivity index (χ2v) is 5.29. The lowest BCUT2D eigenvalue weighted by Crippen LogP contribution is -2.23. The van der Waals surface area contributed by atoms with Crippen molar-refractivity contribution in [2.24, 2.45) is 17.8 Å². The molecule has 0 radical (unpaired) electrons. The Kier molecular flexibility index (Phi) is 2.23. The Morgan fingerprint density at radius 2 is 1.79 bits per heavy atom. The van der Waals surface area contributed by atoms with Crippen molar-refractivity contribution >= 4 is 0 Å². The standard InChI is InChI=1S/C14H20/c1-4-11(5-1)13-8-3-9-14(10-13)12-6-2-7-12/h3,8,10-12,14H,1-2,4-7,9H2. The molecular formula is C14H20. The van der Waals surface area contributed by atoms with Crippen molar-refractivity contribution in [3.05, 3.63) is 23.8 Å². The molecule has 3 rings (SSSR count). The molecule has 0 amide bonds. The van der Waals surface area contributed by atoms with Crippen molar-refractivity contribution in [1.29, 1.82) is 0 Å². The van der Waals surface area contributed by atoms with Crippen molar-refractivity contribution in [2.75, 3.05) is 0 Å². The molecule has 0 heterocycles. The summed E-state index contributed by atoms with van der Waals surface area (Å²) in [6, 6.07) is 0. The van der Waals surface area contributed by atoms with Gasteiger partial charge in [0, 0.05) is 0 Å². The Morgan fingerprint density at radius 3 is 2.36 bits per heavy atom. The Morgan fingerprint density at radius 1 is 1.00 bits per heavy atom. The van der Waals surface area contributed by atoms with Gasteiger partial charge in [-0.1, -0.05) is 31.1 Å². The summed E-state index contributed by atoms with van der Waals surface area (Å²) < 4.78 is 0. The summed E-state index contributed by atoms with van der Waals surface area (Å²) in [5.74, 6) is 2.88. The zero-order valence-corrected chi connectivity index (χ0v) is 8.91. The van der Waals surface area contributed by atoms with Crippen molar-refractivity contribution in [2.45, 2.75) is 44.9 Å². The first kappa shape index (κ1) is 8.76. The van der Waals surface area contributed by atoms with E-state index in [2.05, 4.69) is 18.2 Å². The Balaban J connectivity index is 1.69. The molecule has 1 atom stereocenters. The van der Waals surface area contributed by atoms with Crippen LogP contribution in [0.2, 0.25) is 0 Å². The summed E-state index contributed by atoms with van der Waals surface area (Å²) in [6.45, 7) is 0. The Labute approximate surface area is 87.1 Å². The number of rotatable bonds is 2. The molecule has 2 saturated carbocycles. The van der Waals surface area contributed by atoms with Crippen LogP contribution in [-0.4, -0.2) is 0 Å². The van der Waals surface area contributed by atoms with Crippen LogP contribution in [0, 0.1) is 17.8 Å². The lowest BCUT2D eigenvalue weighted by molar-refractivity contribution is 0.238. The largest absolute Gasteiger partial charge is 0.0837 e. The highest BCUT2D eigenvalue weighted by atomic mass is 14.3. The molecule has 0 aliphatic heterocycles. The van der Waals surface area contributed by atoms with Crippen LogP contribution in [0.15, 0.2) is 23.8 Å². The van der Waals surface area contributed by atoms with Crippen molar-refractivity contribution in [1.82, 2.24) is 0 Å². The summed E-state index contributed by atoms with van der Waals surface area (Å²) in [5, 5.41) is 0. The number of allylic oxidation sites excluding steroid dienone is 4. The fourth-order valence-corrected chi connectivity index (χ4v) is 2.94. The molecule has 1 unspecified atom stereocenters. The number of hydrogen-bond donors (Lipinski definition) is 0. The first-order valence-electron chi connectivity index (χ1n) is 6.32. The molecule has 0 aromatic rings. The molecule has 0 saturated heterocycles. The van der Waals surface area contributed by atoms with Gasteiger partial charge in [-0.15, -0.1) is 0 Å². The molecule has 3 aliphatic carbocycles. The van der Waals surface area contributed by atoms with Crippen LogP contribution in [0.25, 0.3) is 0 Å². The van der Waals surface area contributed by atoms with Gasteiger partial charge in [-0.05, 0) is 55.4 Å². The van der Waals surface area contributed by atoms with Crippen LogP contribution in [0.5, 0.6) is 0 Å². The van der Waals surface area contributed by atoms with E-state index in [4.69, 9.17) is 0 Å². The van der Waals surface area contributed by atoms with E-state index in [0.717, 1.165) is 17.8 Å². The highest BCUT2D eigenvalue weighted by Crippen LogP contribution is 2.41. The third-order valence-electron chi connectivity index (χ3n) is 4.46. The Hall–Kier alpha value is -0.520. The molecule has 0 aromatic heterocycles. The summed E-state index contributed by atoms with van der Waals surface area (Å²) in [6.07, 6.45) is 17.6. The molecule has 0 heteroatoms. The normalized spacial score (nSPS) is 33.4. The minimum Gasteiger partial charge on any atom is -0.0837 e. The molecular weight excluding hydrogens is 168 g/mol. The Bertz CT molecular complexity index is 264. The van der Waals surface area contributed by atoms with Gasteiger partial charge in [0.25, 0.3) is 0 Å². The van der Waals surface area contributed by atoms with E-state index in [1.807, 2.05) is 0 Å². The summed E-state index contributed by atoms with van der Waals surface area (Å²) >= 11 is 0. The quantitative estimate of drug-likeness (QED) is 0.612. The fraction of sp³-hybridized carbons (Fsp3) is 0.714. The third kappa shape index (κ3) is 1.45. The molecule has 2 fully saturated rings. The van der Waals surface area contributed by atoms with Gasteiger partial charge in [0.15, 0.2) is 0 Å². The fourth-order valence-electron chi connectivity index (χ4n) is 2.94. The minimum atomic E-state index is 0.907. The lowest BCUT2D eigenvalue weighted by Gasteiger charge is -2.35. The molecule has 0 nitrogen and oxygen atoms in total. The van der Waals surface area contributed by atoms with Crippen molar-refractivity contribution in [3.8, 4) is 0 Å². The molecule has 0 N–H and O–H groups in total. The van der Waals surface area contributed by atoms with Crippen molar-refractivity contribution < 1.29 is 0 Å². The van der Waals surface area contributed by atoms with E-state index in [1.165, 1.54) is 44.9 Å². The van der Waals surface area contributed by atoms with Crippen LogP contribution in [-0.2, 0) is 0 Å². The van der Waals surface area contributed by atoms with E-state index in [-0.39, 0.29) is 0 Å². The lowest BCUT2D eigenvalue weighted by atomic mass is 9.70. The van der Waals surface area contributed by atoms with E-state index in [1.54, 1.807) is 5.57 Å². The van der Waals surface area contributed by atoms with E-state index < -0.39 is 0 Å². The van der Waals surface area contributed by atoms with Crippen LogP contribution in [0.4, 0.5) is 0 Å². The second kappa shape index (κ2) is 3.56. The van der Waals surface area contributed by atoms with E-state index in [9.17, 15) is 0 Å². The monoisotopic (exact) mass is 188 g/mol. The SMILES string of the molecule is C1=CC(C2CCC2)=CC(C2CCC2)C1. The zero-order valence-electron chi connectivity index (χ0n) is 8.91. The maximum absolute atomic E-state index is 2.62. The summed E-state index contributed by atoms with van der Waals surface area (Å²) in [7, 11) is 0. The molecule has 0 aromatic carbocycles. The maximum Gasteiger partial charge on any atom is -0.0165 e. The van der Waals surface area contributed by atoms with Crippen LogP contribution < -0.4 is 0 Å². The number of hydrogen-bond acceptors (Lipinski definition) is 0. The zero-order chi connectivity index (χ0) is 9.38. The predicted octanol–water partition coefficient (Wildman–Crippen LogP) is 4.09. The van der Waals surface area contributed by atoms with Crippen molar-refractivity contribution in [3.63, 3.8) is 0 Å².